The number of nitrogens with two attached hydrogens (primary N) is 1. The van der Waals surface area contributed by atoms with Gasteiger partial charge >= 0.3 is 0 Å². The van der Waals surface area contributed by atoms with Gasteiger partial charge in [0.15, 0.2) is 5.78 Å². The van der Waals surface area contributed by atoms with E-state index in [4.69, 9.17) is 5.73 Å². The lowest BCUT2D eigenvalue weighted by Crippen LogP contribution is -2.22. The van der Waals surface area contributed by atoms with Crippen molar-refractivity contribution >= 4 is 11.5 Å². The van der Waals surface area contributed by atoms with Gasteiger partial charge in [-0.25, -0.2) is 0 Å². The molecule has 1 atom stereocenters. The molecule has 1 unspecified atom stereocenters. The number of carbonyl (C=O) groups excluding carboxylic acids is 1. The summed E-state index contributed by atoms with van der Waals surface area (Å²) in [7, 11) is 0. The Morgan fingerprint density at radius 1 is 1.64 bits per heavy atom. The number of carbonyl (C=O) groups is 1. The predicted molar refractivity (Wildman–Crippen MR) is 56.5 cm³/mol. The molecular formula is C11H14N2O. The number of fused-ring (bicyclic) bond motifs is 1. The average Bonchev–Trinajstić information content (AvgIpc) is 2.62. The molecule has 0 saturated heterocycles. The number of hydrogen-bond donors (Lipinski definition) is 2. The SMILES string of the molecule is Cc1cccc2c1NCC2C(=O)CN. The average molecular weight is 190 g/mol. The first-order chi connectivity index (χ1) is 6.74. The summed E-state index contributed by atoms with van der Waals surface area (Å²) < 4.78 is 0. The number of ketones is 1. The Hall–Kier alpha value is -1.35. The molecule has 2 rings (SSSR count). The molecule has 3 nitrogen and oxygen atoms in total. The maximum Gasteiger partial charge on any atom is 0.155 e. The molecule has 3 heteroatoms. The van der Waals surface area contributed by atoms with Gasteiger partial charge in [0.2, 0.25) is 0 Å². The molecule has 0 radical (unpaired) electrons. The zero-order chi connectivity index (χ0) is 10.1. The van der Waals surface area contributed by atoms with Crippen LogP contribution in [0.5, 0.6) is 0 Å². The van der Waals surface area contributed by atoms with E-state index >= 15 is 0 Å². The third-order valence-corrected chi connectivity index (χ3v) is 2.75. The van der Waals surface area contributed by atoms with Crippen molar-refractivity contribution in [2.45, 2.75) is 12.8 Å². The smallest absolute Gasteiger partial charge is 0.155 e. The van der Waals surface area contributed by atoms with Crippen LogP contribution >= 0.6 is 0 Å². The van der Waals surface area contributed by atoms with E-state index in [1.54, 1.807) is 0 Å². The van der Waals surface area contributed by atoms with Crippen molar-refractivity contribution in [3.8, 4) is 0 Å². The van der Waals surface area contributed by atoms with Gasteiger partial charge in [0.25, 0.3) is 0 Å². The molecule has 0 spiro atoms. The highest BCUT2D eigenvalue weighted by molar-refractivity contribution is 5.91. The Bertz CT molecular complexity index is 374. The quantitative estimate of drug-likeness (QED) is 0.732. The fourth-order valence-corrected chi connectivity index (χ4v) is 1.97. The monoisotopic (exact) mass is 190 g/mol. The van der Waals surface area contributed by atoms with Crippen LogP contribution in [0.4, 0.5) is 5.69 Å². The van der Waals surface area contributed by atoms with Gasteiger partial charge in [-0.3, -0.25) is 4.79 Å². The summed E-state index contributed by atoms with van der Waals surface area (Å²) >= 11 is 0. The lowest BCUT2D eigenvalue weighted by atomic mass is 9.95. The highest BCUT2D eigenvalue weighted by Crippen LogP contribution is 2.33. The van der Waals surface area contributed by atoms with Crippen molar-refractivity contribution in [2.75, 3.05) is 18.4 Å². The van der Waals surface area contributed by atoms with Crippen molar-refractivity contribution in [1.82, 2.24) is 0 Å². The standard InChI is InChI=1S/C11H14N2O/c1-7-3-2-4-8-9(10(14)5-12)6-13-11(7)8/h2-4,9,13H,5-6,12H2,1H3. The summed E-state index contributed by atoms with van der Waals surface area (Å²) in [5, 5.41) is 3.26. The number of nitrogens with one attached hydrogen (secondary N) is 1. The Balaban J connectivity index is 2.40. The van der Waals surface area contributed by atoms with E-state index in [-0.39, 0.29) is 18.2 Å². The molecule has 1 aromatic carbocycles. The Labute approximate surface area is 83.3 Å². The molecule has 0 aliphatic carbocycles. The zero-order valence-electron chi connectivity index (χ0n) is 8.21. The first kappa shape index (κ1) is 9.21. The minimum Gasteiger partial charge on any atom is -0.384 e. The first-order valence-electron chi connectivity index (χ1n) is 4.80. The van der Waals surface area contributed by atoms with Crippen LogP contribution in [-0.4, -0.2) is 18.9 Å². The molecular weight excluding hydrogens is 176 g/mol. The minimum absolute atomic E-state index is 0.0464. The Kier molecular flexibility index (Phi) is 2.25. The number of Topliss-reactive ketones (excluding diaryl/α,β-unsaturated/α-hetero) is 1. The Morgan fingerprint density at radius 3 is 3.14 bits per heavy atom. The van der Waals surface area contributed by atoms with Crippen LogP contribution in [0.3, 0.4) is 0 Å². The van der Waals surface area contributed by atoms with Gasteiger partial charge in [-0.05, 0) is 18.1 Å². The van der Waals surface area contributed by atoms with E-state index in [1.165, 1.54) is 5.56 Å². The lowest BCUT2D eigenvalue weighted by molar-refractivity contribution is -0.118. The highest BCUT2D eigenvalue weighted by atomic mass is 16.1. The van der Waals surface area contributed by atoms with E-state index in [0.29, 0.717) is 6.54 Å². The summed E-state index contributed by atoms with van der Waals surface area (Å²) in [6, 6.07) is 6.03. The number of anilines is 1. The van der Waals surface area contributed by atoms with E-state index < -0.39 is 0 Å². The predicted octanol–water partition coefficient (Wildman–Crippen LogP) is 1.03. The van der Waals surface area contributed by atoms with Gasteiger partial charge in [0.1, 0.15) is 0 Å². The van der Waals surface area contributed by atoms with Crippen LogP contribution in [-0.2, 0) is 4.79 Å². The van der Waals surface area contributed by atoms with Crippen LogP contribution < -0.4 is 11.1 Å². The van der Waals surface area contributed by atoms with Gasteiger partial charge in [-0.2, -0.15) is 0 Å². The van der Waals surface area contributed by atoms with Crippen molar-refractivity contribution in [1.29, 1.82) is 0 Å². The summed E-state index contributed by atoms with van der Waals surface area (Å²) in [5.41, 5.74) is 8.77. The lowest BCUT2D eigenvalue weighted by Gasteiger charge is -2.07. The maximum atomic E-state index is 11.5. The third kappa shape index (κ3) is 1.30. The summed E-state index contributed by atoms with van der Waals surface area (Å²) in [6.07, 6.45) is 0. The summed E-state index contributed by atoms with van der Waals surface area (Å²) in [6.45, 7) is 2.86. The van der Waals surface area contributed by atoms with E-state index in [0.717, 1.165) is 11.3 Å². The van der Waals surface area contributed by atoms with Crippen molar-refractivity contribution in [3.05, 3.63) is 29.3 Å². The molecule has 74 valence electrons. The minimum atomic E-state index is -0.0464. The van der Waals surface area contributed by atoms with Gasteiger partial charge in [0.05, 0.1) is 12.5 Å². The number of aryl methyl sites for hydroxylation is 1. The molecule has 3 N–H and O–H groups in total. The normalized spacial score (nSPS) is 18.9. The zero-order valence-corrected chi connectivity index (χ0v) is 8.21. The van der Waals surface area contributed by atoms with Gasteiger partial charge < -0.3 is 11.1 Å². The van der Waals surface area contributed by atoms with E-state index in [2.05, 4.69) is 5.32 Å². The second kappa shape index (κ2) is 3.42. The highest BCUT2D eigenvalue weighted by Gasteiger charge is 2.27. The van der Waals surface area contributed by atoms with Crippen molar-refractivity contribution < 1.29 is 4.79 Å². The van der Waals surface area contributed by atoms with E-state index in [9.17, 15) is 4.79 Å². The number of benzene rings is 1. The van der Waals surface area contributed by atoms with Gasteiger partial charge in [-0.1, -0.05) is 18.2 Å². The molecule has 0 aromatic heterocycles. The molecule has 0 saturated carbocycles. The second-order valence-corrected chi connectivity index (χ2v) is 3.64. The summed E-state index contributed by atoms with van der Waals surface area (Å²) in [5.74, 6) is 0.0664. The van der Waals surface area contributed by atoms with Crippen molar-refractivity contribution in [3.63, 3.8) is 0 Å². The van der Waals surface area contributed by atoms with Crippen molar-refractivity contribution in [2.24, 2.45) is 5.73 Å². The molecule has 0 amide bonds. The molecule has 14 heavy (non-hydrogen) atoms. The fraction of sp³-hybridized carbons (Fsp3) is 0.364. The molecule has 1 heterocycles. The molecule has 1 aromatic rings. The molecule has 1 aliphatic heterocycles. The fourth-order valence-electron chi connectivity index (χ4n) is 1.97. The number of hydrogen-bond acceptors (Lipinski definition) is 3. The topological polar surface area (TPSA) is 55.1 Å². The third-order valence-electron chi connectivity index (χ3n) is 2.75. The van der Waals surface area contributed by atoms with Crippen LogP contribution in [0.1, 0.15) is 17.0 Å². The van der Waals surface area contributed by atoms with E-state index in [1.807, 2.05) is 25.1 Å². The van der Waals surface area contributed by atoms with Crippen LogP contribution in [0, 0.1) is 6.92 Å². The van der Waals surface area contributed by atoms with Crippen LogP contribution in [0.2, 0.25) is 0 Å². The number of para-hydroxylation sites is 1. The second-order valence-electron chi connectivity index (χ2n) is 3.64. The molecule has 0 fully saturated rings. The number of rotatable bonds is 2. The van der Waals surface area contributed by atoms with Gasteiger partial charge in [0, 0.05) is 12.2 Å². The molecule has 0 bridgehead atoms. The first-order valence-corrected chi connectivity index (χ1v) is 4.80. The van der Waals surface area contributed by atoms with Crippen LogP contribution in [0.15, 0.2) is 18.2 Å². The van der Waals surface area contributed by atoms with Crippen LogP contribution in [0.25, 0.3) is 0 Å². The van der Waals surface area contributed by atoms with Gasteiger partial charge in [-0.15, -0.1) is 0 Å². The largest absolute Gasteiger partial charge is 0.384 e. The maximum absolute atomic E-state index is 11.5. The molecule has 1 aliphatic rings. The summed E-state index contributed by atoms with van der Waals surface area (Å²) in [4.78, 5) is 11.5. The Morgan fingerprint density at radius 2 is 2.43 bits per heavy atom.